The number of carbonyl (C=O) groups excluding carboxylic acids is 1. The van der Waals surface area contributed by atoms with E-state index >= 15 is 0 Å². The lowest BCUT2D eigenvalue weighted by Crippen LogP contribution is -2.41. The van der Waals surface area contributed by atoms with Gasteiger partial charge >= 0.3 is 0 Å². The van der Waals surface area contributed by atoms with E-state index in [1.807, 2.05) is 24.3 Å². The third-order valence-electron chi connectivity index (χ3n) is 5.39. The maximum atomic E-state index is 12.8. The lowest BCUT2D eigenvalue weighted by molar-refractivity contribution is -0.119. The molecule has 3 rings (SSSR count). The average Bonchev–Trinajstić information content (AvgIpc) is 2.85. The van der Waals surface area contributed by atoms with E-state index < -0.39 is 32.5 Å². The Hall–Kier alpha value is -1.83. The molecule has 1 N–H and O–H groups in total. The predicted octanol–water partition coefficient (Wildman–Crippen LogP) is 2.57. The third kappa shape index (κ3) is 8.35. The summed E-state index contributed by atoms with van der Waals surface area (Å²) in [5.74, 6) is 1.23. The zero-order chi connectivity index (χ0) is 26.2. The molecule has 1 saturated heterocycles. The number of amides is 1. The number of rotatable bonds is 12. The van der Waals surface area contributed by atoms with Gasteiger partial charge in [-0.05, 0) is 54.1 Å². The fourth-order valence-electron chi connectivity index (χ4n) is 3.48. The van der Waals surface area contributed by atoms with Crippen LogP contribution in [0.4, 0.5) is 5.69 Å². The van der Waals surface area contributed by atoms with Gasteiger partial charge in [-0.3, -0.25) is 9.10 Å². The van der Waals surface area contributed by atoms with E-state index in [4.69, 9.17) is 16.3 Å². The zero-order valence-corrected chi connectivity index (χ0v) is 23.1. The first-order valence-electron chi connectivity index (χ1n) is 11.3. The summed E-state index contributed by atoms with van der Waals surface area (Å²) in [5, 5.41) is 3.45. The van der Waals surface area contributed by atoms with Crippen molar-refractivity contribution in [1.29, 1.82) is 0 Å². The number of nitrogens with zero attached hydrogens (tertiary/aromatic N) is 2. The molecule has 1 fully saturated rings. The quantitative estimate of drug-likeness (QED) is 0.387. The van der Waals surface area contributed by atoms with E-state index in [1.165, 1.54) is 34.1 Å². The van der Waals surface area contributed by atoms with Crippen LogP contribution in [0, 0.1) is 0 Å². The molecule has 36 heavy (non-hydrogen) atoms. The Balaban J connectivity index is 1.51. The van der Waals surface area contributed by atoms with Crippen LogP contribution in [0.15, 0.2) is 53.4 Å². The molecule has 1 aliphatic heterocycles. The van der Waals surface area contributed by atoms with Gasteiger partial charge in [0.2, 0.25) is 26.0 Å². The Morgan fingerprint density at radius 1 is 1.06 bits per heavy atom. The number of hydrogen-bond donors (Lipinski definition) is 1. The molecule has 0 radical (unpaired) electrons. The van der Waals surface area contributed by atoms with Gasteiger partial charge in [-0.15, -0.1) is 0 Å². The van der Waals surface area contributed by atoms with E-state index in [1.54, 1.807) is 11.8 Å². The molecule has 9 nitrogen and oxygen atoms in total. The molecule has 198 valence electrons. The molecule has 1 aliphatic rings. The number of sulfonamides is 2. The van der Waals surface area contributed by atoms with Crippen LogP contribution in [-0.4, -0.2) is 78.4 Å². The molecule has 1 heterocycles. The summed E-state index contributed by atoms with van der Waals surface area (Å²) < 4.78 is 57.8. The highest BCUT2D eigenvalue weighted by molar-refractivity contribution is 7.98. The van der Waals surface area contributed by atoms with E-state index in [-0.39, 0.29) is 23.7 Å². The van der Waals surface area contributed by atoms with Crippen molar-refractivity contribution in [2.24, 2.45) is 0 Å². The van der Waals surface area contributed by atoms with Gasteiger partial charge in [-0.2, -0.15) is 16.1 Å². The van der Waals surface area contributed by atoms with Crippen molar-refractivity contribution < 1.29 is 26.4 Å². The highest BCUT2D eigenvalue weighted by Gasteiger charge is 2.27. The number of morpholine rings is 1. The minimum absolute atomic E-state index is 0.0575. The summed E-state index contributed by atoms with van der Waals surface area (Å²) in [7, 11) is -7.48. The molecule has 0 atom stereocenters. The maximum Gasteiger partial charge on any atom is 0.243 e. The zero-order valence-electron chi connectivity index (χ0n) is 19.9. The molecule has 0 bridgehead atoms. The topological polar surface area (TPSA) is 113 Å². The standard InChI is InChI=1S/C23H30ClN3O6S3/c1-35(29,30)27(17-23(28)25-11-2-16-34-18-19-3-5-20(24)6-4-19)21-7-9-22(10-8-21)36(31,32)26-12-14-33-15-13-26/h3-10H,2,11-18H2,1H3,(H,25,28). The molecule has 0 saturated carbocycles. The monoisotopic (exact) mass is 575 g/mol. The van der Waals surface area contributed by atoms with Gasteiger partial charge in [-0.1, -0.05) is 23.7 Å². The Labute approximate surface area is 222 Å². The van der Waals surface area contributed by atoms with Gasteiger partial charge in [0.05, 0.1) is 30.1 Å². The van der Waals surface area contributed by atoms with Crippen LogP contribution in [0.2, 0.25) is 5.02 Å². The molecule has 1 amide bonds. The van der Waals surface area contributed by atoms with Gasteiger partial charge in [0, 0.05) is 30.4 Å². The van der Waals surface area contributed by atoms with Crippen LogP contribution in [0.3, 0.4) is 0 Å². The second-order valence-corrected chi connectivity index (χ2v) is 13.5. The average molecular weight is 576 g/mol. The lowest BCUT2D eigenvalue weighted by Gasteiger charge is -2.26. The first-order chi connectivity index (χ1) is 17.1. The largest absolute Gasteiger partial charge is 0.379 e. The van der Waals surface area contributed by atoms with Crippen LogP contribution in [0.25, 0.3) is 0 Å². The summed E-state index contributed by atoms with van der Waals surface area (Å²) in [5.41, 5.74) is 1.38. The molecule has 2 aromatic carbocycles. The van der Waals surface area contributed by atoms with Gasteiger partial charge in [0.15, 0.2) is 0 Å². The maximum absolute atomic E-state index is 12.8. The fourth-order valence-corrected chi connectivity index (χ4v) is 6.79. The minimum Gasteiger partial charge on any atom is -0.379 e. The number of thioether (sulfide) groups is 1. The van der Waals surface area contributed by atoms with Crippen molar-refractivity contribution >= 4 is 55.0 Å². The summed E-state index contributed by atoms with van der Waals surface area (Å²) >= 11 is 7.62. The van der Waals surface area contributed by atoms with E-state index in [9.17, 15) is 21.6 Å². The smallest absolute Gasteiger partial charge is 0.243 e. The van der Waals surface area contributed by atoms with Gasteiger partial charge in [0.25, 0.3) is 0 Å². The van der Waals surface area contributed by atoms with Gasteiger partial charge in [-0.25, -0.2) is 16.8 Å². The Morgan fingerprint density at radius 3 is 2.31 bits per heavy atom. The highest BCUT2D eigenvalue weighted by atomic mass is 35.5. The predicted molar refractivity (Wildman–Crippen MR) is 143 cm³/mol. The molecule has 0 aromatic heterocycles. The van der Waals surface area contributed by atoms with Crippen LogP contribution in [0.5, 0.6) is 0 Å². The molecule has 0 spiro atoms. The van der Waals surface area contributed by atoms with E-state index in [0.29, 0.717) is 24.8 Å². The summed E-state index contributed by atoms with van der Waals surface area (Å²) in [6, 6.07) is 13.2. The molecule has 13 heteroatoms. The lowest BCUT2D eigenvalue weighted by atomic mass is 10.2. The number of carbonyl (C=O) groups is 1. The van der Waals surface area contributed by atoms with Crippen LogP contribution in [0.1, 0.15) is 12.0 Å². The Morgan fingerprint density at radius 2 is 1.69 bits per heavy atom. The number of nitrogens with one attached hydrogen (secondary N) is 1. The normalized spacial score (nSPS) is 14.9. The Bertz CT molecular complexity index is 1220. The summed E-state index contributed by atoms with van der Waals surface area (Å²) in [6.45, 7) is 1.20. The van der Waals surface area contributed by atoms with Crippen LogP contribution < -0.4 is 9.62 Å². The van der Waals surface area contributed by atoms with Crippen molar-refractivity contribution in [3.8, 4) is 0 Å². The minimum atomic E-state index is -3.77. The fraction of sp³-hybridized carbons (Fsp3) is 0.435. The van der Waals surface area contributed by atoms with Crippen molar-refractivity contribution in [1.82, 2.24) is 9.62 Å². The number of benzene rings is 2. The second kappa shape index (κ2) is 13.1. The molecule has 0 unspecified atom stereocenters. The van der Waals surface area contributed by atoms with E-state index in [2.05, 4.69) is 5.32 Å². The second-order valence-electron chi connectivity index (χ2n) is 8.16. The van der Waals surface area contributed by atoms with Crippen LogP contribution in [-0.2, 0) is 35.3 Å². The molecular weight excluding hydrogens is 546 g/mol. The van der Waals surface area contributed by atoms with Crippen LogP contribution >= 0.6 is 23.4 Å². The number of ether oxygens (including phenoxy) is 1. The van der Waals surface area contributed by atoms with E-state index in [0.717, 1.165) is 28.5 Å². The first-order valence-corrected chi connectivity index (χ1v) is 16.1. The molecule has 0 aliphatic carbocycles. The highest BCUT2D eigenvalue weighted by Crippen LogP contribution is 2.23. The Kier molecular flexibility index (Phi) is 10.5. The SMILES string of the molecule is CS(=O)(=O)N(CC(=O)NCCCSCc1ccc(Cl)cc1)c1ccc(S(=O)(=O)N2CCOCC2)cc1. The van der Waals surface area contributed by atoms with Crippen molar-refractivity contribution in [2.75, 3.05) is 55.7 Å². The summed E-state index contributed by atoms with van der Waals surface area (Å²) in [4.78, 5) is 12.5. The molecular formula is C23H30ClN3O6S3. The number of anilines is 1. The van der Waals surface area contributed by atoms with Gasteiger partial charge in [0.1, 0.15) is 6.54 Å². The van der Waals surface area contributed by atoms with Crippen molar-refractivity contribution in [3.05, 3.63) is 59.1 Å². The number of hydrogen-bond acceptors (Lipinski definition) is 7. The van der Waals surface area contributed by atoms with Crippen molar-refractivity contribution in [2.45, 2.75) is 17.1 Å². The first kappa shape index (κ1) is 28.7. The van der Waals surface area contributed by atoms with Gasteiger partial charge < -0.3 is 10.1 Å². The third-order valence-corrected chi connectivity index (χ3v) is 9.81. The van der Waals surface area contributed by atoms with Crippen molar-refractivity contribution in [3.63, 3.8) is 0 Å². The molecule has 2 aromatic rings. The number of halogens is 1. The summed E-state index contributed by atoms with van der Waals surface area (Å²) in [6.07, 6.45) is 1.74.